The van der Waals surface area contributed by atoms with Crippen LogP contribution in [0.4, 0.5) is 0 Å². The summed E-state index contributed by atoms with van der Waals surface area (Å²) >= 11 is 1.59. The molecule has 0 amide bonds. The Kier molecular flexibility index (Phi) is 5.13. The van der Waals surface area contributed by atoms with Crippen molar-refractivity contribution in [3.05, 3.63) is 56.2 Å². The number of aryl methyl sites for hydroxylation is 3. The standard InChI is InChI=1S/C18H22N4O2S/c1-4-5-10-22-14-15(21(3)17(24)20-16(14)23)19-18(22)25-11-13-8-6-12(2)7-9-13/h6-9H,4-5,10-11H2,1-3H3,(H,20,23,24). The monoisotopic (exact) mass is 358 g/mol. The molecule has 0 aliphatic heterocycles. The predicted octanol–water partition coefficient (Wildman–Crippen LogP) is 2.82. The first kappa shape index (κ1) is 17.5. The maximum atomic E-state index is 12.3. The number of hydrogen-bond acceptors (Lipinski definition) is 4. The molecule has 1 aromatic carbocycles. The summed E-state index contributed by atoms with van der Waals surface area (Å²) in [4.78, 5) is 31.1. The zero-order valence-corrected chi connectivity index (χ0v) is 15.5. The van der Waals surface area contributed by atoms with Crippen LogP contribution in [0.5, 0.6) is 0 Å². The first-order chi connectivity index (χ1) is 12.0. The molecule has 0 bridgehead atoms. The van der Waals surface area contributed by atoms with Gasteiger partial charge in [-0.25, -0.2) is 9.78 Å². The van der Waals surface area contributed by atoms with E-state index in [0.717, 1.165) is 23.8 Å². The number of unbranched alkanes of at least 4 members (excludes halogenated alkanes) is 1. The second kappa shape index (κ2) is 7.31. The van der Waals surface area contributed by atoms with Gasteiger partial charge in [0, 0.05) is 19.3 Å². The van der Waals surface area contributed by atoms with Gasteiger partial charge in [-0.1, -0.05) is 54.9 Å². The molecule has 6 nitrogen and oxygen atoms in total. The molecule has 0 saturated heterocycles. The molecule has 3 rings (SSSR count). The molecule has 2 aromatic heterocycles. The molecule has 0 saturated carbocycles. The smallest absolute Gasteiger partial charge is 0.313 e. The topological polar surface area (TPSA) is 72.7 Å². The van der Waals surface area contributed by atoms with Gasteiger partial charge in [-0.2, -0.15) is 0 Å². The second-order valence-corrected chi connectivity index (χ2v) is 7.11. The molecular weight excluding hydrogens is 336 g/mol. The predicted molar refractivity (Wildman–Crippen MR) is 101 cm³/mol. The Bertz CT molecular complexity index is 999. The number of rotatable bonds is 6. The van der Waals surface area contributed by atoms with Crippen LogP contribution < -0.4 is 11.2 Å². The van der Waals surface area contributed by atoms with E-state index in [0.29, 0.717) is 17.7 Å². The van der Waals surface area contributed by atoms with Gasteiger partial charge in [0.15, 0.2) is 16.3 Å². The minimum atomic E-state index is -0.437. The third-order valence-electron chi connectivity index (χ3n) is 4.20. The van der Waals surface area contributed by atoms with Crippen molar-refractivity contribution in [2.75, 3.05) is 0 Å². The van der Waals surface area contributed by atoms with Crippen LogP contribution in [-0.4, -0.2) is 19.1 Å². The molecule has 7 heteroatoms. The zero-order valence-electron chi connectivity index (χ0n) is 14.7. The van der Waals surface area contributed by atoms with Crippen molar-refractivity contribution in [1.29, 1.82) is 0 Å². The summed E-state index contributed by atoms with van der Waals surface area (Å²) < 4.78 is 3.34. The number of thioether (sulfide) groups is 1. The zero-order chi connectivity index (χ0) is 18.0. The summed E-state index contributed by atoms with van der Waals surface area (Å²) in [7, 11) is 1.63. The van der Waals surface area contributed by atoms with E-state index >= 15 is 0 Å². The van der Waals surface area contributed by atoms with Crippen LogP contribution in [0.1, 0.15) is 30.9 Å². The Hall–Kier alpha value is -2.28. The highest BCUT2D eigenvalue weighted by Crippen LogP contribution is 2.25. The molecule has 0 aliphatic carbocycles. The lowest BCUT2D eigenvalue weighted by Gasteiger charge is -2.08. The number of aromatic amines is 1. The Morgan fingerprint density at radius 2 is 1.92 bits per heavy atom. The van der Waals surface area contributed by atoms with Crippen molar-refractivity contribution in [3.63, 3.8) is 0 Å². The van der Waals surface area contributed by atoms with Crippen molar-refractivity contribution in [3.8, 4) is 0 Å². The number of benzene rings is 1. The molecule has 0 radical (unpaired) electrons. The fourth-order valence-corrected chi connectivity index (χ4v) is 3.66. The van der Waals surface area contributed by atoms with Crippen molar-refractivity contribution >= 4 is 22.9 Å². The van der Waals surface area contributed by atoms with Gasteiger partial charge in [-0.05, 0) is 18.9 Å². The number of fused-ring (bicyclic) bond motifs is 1. The maximum absolute atomic E-state index is 12.3. The van der Waals surface area contributed by atoms with Gasteiger partial charge < -0.3 is 4.57 Å². The maximum Gasteiger partial charge on any atom is 0.329 e. The summed E-state index contributed by atoms with van der Waals surface area (Å²) in [6.45, 7) is 4.89. The van der Waals surface area contributed by atoms with Crippen LogP contribution in [0.3, 0.4) is 0 Å². The second-order valence-electron chi connectivity index (χ2n) is 6.16. The molecule has 0 aliphatic rings. The third-order valence-corrected chi connectivity index (χ3v) is 5.24. The Balaban J connectivity index is 2.02. The van der Waals surface area contributed by atoms with E-state index in [1.807, 2.05) is 4.57 Å². The number of imidazole rings is 1. The lowest BCUT2D eigenvalue weighted by molar-refractivity contribution is 0.600. The molecular formula is C18H22N4O2S. The fraction of sp³-hybridized carbons (Fsp3) is 0.389. The van der Waals surface area contributed by atoms with Crippen molar-refractivity contribution < 1.29 is 0 Å². The number of nitrogens with one attached hydrogen (secondary N) is 1. The van der Waals surface area contributed by atoms with Crippen molar-refractivity contribution in [2.24, 2.45) is 7.05 Å². The Morgan fingerprint density at radius 1 is 1.20 bits per heavy atom. The average molecular weight is 358 g/mol. The van der Waals surface area contributed by atoms with Gasteiger partial charge in [-0.15, -0.1) is 0 Å². The summed E-state index contributed by atoms with van der Waals surface area (Å²) in [6.07, 6.45) is 1.97. The SMILES string of the molecule is CCCCn1c(SCc2ccc(C)cc2)nc2c1c(=O)[nH]c(=O)n2C. The molecule has 0 fully saturated rings. The Labute approximate surface area is 149 Å². The number of aromatic nitrogens is 4. The highest BCUT2D eigenvalue weighted by atomic mass is 32.2. The largest absolute Gasteiger partial charge is 0.329 e. The molecule has 2 heterocycles. The van der Waals surface area contributed by atoms with E-state index in [4.69, 9.17) is 0 Å². The van der Waals surface area contributed by atoms with E-state index in [-0.39, 0.29) is 5.56 Å². The van der Waals surface area contributed by atoms with Gasteiger partial charge in [0.1, 0.15) is 0 Å². The van der Waals surface area contributed by atoms with Gasteiger partial charge in [0.05, 0.1) is 0 Å². The van der Waals surface area contributed by atoms with Crippen LogP contribution in [0.2, 0.25) is 0 Å². The van der Waals surface area contributed by atoms with Crippen LogP contribution in [0.15, 0.2) is 39.0 Å². The van der Waals surface area contributed by atoms with Crippen molar-refractivity contribution in [1.82, 2.24) is 19.1 Å². The molecule has 1 N–H and O–H groups in total. The first-order valence-electron chi connectivity index (χ1n) is 8.39. The van der Waals surface area contributed by atoms with Crippen LogP contribution in [0, 0.1) is 6.92 Å². The normalized spacial score (nSPS) is 11.3. The van der Waals surface area contributed by atoms with E-state index in [2.05, 4.69) is 48.1 Å². The number of nitrogens with zero attached hydrogens (tertiary/aromatic N) is 3. The van der Waals surface area contributed by atoms with Crippen molar-refractivity contribution in [2.45, 2.75) is 44.1 Å². The minimum absolute atomic E-state index is 0.371. The summed E-state index contributed by atoms with van der Waals surface area (Å²) in [5.41, 5.74) is 2.53. The van der Waals surface area contributed by atoms with E-state index in [1.54, 1.807) is 18.8 Å². The molecule has 0 unspecified atom stereocenters. The Morgan fingerprint density at radius 3 is 2.60 bits per heavy atom. The highest BCUT2D eigenvalue weighted by molar-refractivity contribution is 7.98. The van der Waals surface area contributed by atoms with Crippen LogP contribution in [0.25, 0.3) is 11.2 Å². The first-order valence-corrected chi connectivity index (χ1v) is 9.37. The molecule has 132 valence electrons. The summed E-state index contributed by atoms with van der Waals surface area (Å²) in [5.74, 6) is 0.765. The quantitative estimate of drug-likeness (QED) is 0.688. The van der Waals surface area contributed by atoms with Gasteiger partial charge in [0.25, 0.3) is 5.56 Å². The average Bonchev–Trinajstić information content (AvgIpc) is 2.96. The van der Waals surface area contributed by atoms with E-state index < -0.39 is 5.69 Å². The molecule has 25 heavy (non-hydrogen) atoms. The number of hydrogen-bond donors (Lipinski definition) is 1. The minimum Gasteiger partial charge on any atom is -0.313 e. The van der Waals surface area contributed by atoms with E-state index in [9.17, 15) is 9.59 Å². The molecule has 0 spiro atoms. The molecule has 0 atom stereocenters. The highest BCUT2D eigenvalue weighted by Gasteiger charge is 2.17. The lowest BCUT2D eigenvalue weighted by Crippen LogP contribution is -2.29. The third kappa shape index (κ3) is 3.56. The van der Waals surface area contributed by atoms with Gasteiger partial charge in [-0.3, -0.25) is 14.3 Å². The van der Waals surface area contributed by atoms with Gasteiger partial charge >= 0.3 is 5.69 Å². The van der Waals surface area contributed by atoms with Crippen LogP contribution >= 0.6 is 11.8 Å². The van der Waals surface area contributed by atoms with Crippen LogP contribution in [-0.2, 0) is 19.3 Å². The number of H-pyrrole nitrogens is 1. The fourth-order valence-electron chi connectivity index (χ4n) is 2.68. The summed E-state index contributed by atoms with van der Waals surface area (Å²) in [5, 5.41) is 0.774. The molecule has 3 aromatic rings. The van der Waals surface area contributed by atoms with E-state index in [1.165, 1.54) is 15.7 Å². The van der Waals surface area contributed by atoms with Gasteiger partial charge in [0.2, 0.25) is 0 Å². The lowest BCUT2D eigenvalue weighted by atomic mass is 10.2. The summed E-state index contributed by atoms with van der Waals surface area (Å²) in [6, 6.07) is 8.38.